The predicted octanol–water partition coefficient (Wildman–Crippen LogP) is 1.05. The molecule has 0 aromatic heterocycles. The quantitative estimate of drug-likeness (QED) is 0.833. The maximum absolute atomic E-state index is 12.5. The van der Waals surface area contributed by atoms with Crippen molar-refractivity contribution in [3.05, 3.63) is 29.8 Å². The molecule has 1 aromatic rings. The molecule has 1 aliphatic rings. The summed E-state index contributed by atoms with van der Waals surface area (Å²) in [6.07, 6.45) is 0. The smallest absolute Gasteiger partial charge is 0.243 e. The Morgan fingerprint density at radius 3 is 2.14 bits per heavy atom. The van der Waals surface area contributed by atoms with Gasteiger partial charge in [0.1, 0.15) is 0 Å². The van der Waals surface area contributed by atoms with E-state index in [1.807, 2.05) is 19.9 Å². The first-order chi connectivity index (χ1) is 10.4. The van der Waals surface area contributed by atoms with Crippen molar-refractivity contribution in [3.63, 3.8) is 0 Å². The highest BCUT2D eigenvalue weighted by atomic mass is 32.2. The molecule has 1 fully saturated rings. The van der Waals surface area contributed by atoms with Gasteiger partial charge in [0.05, 0.1) is 16.5 Å². The van der Waals surface area contributed by atoms with E-state index in [1.54, 1.807) is 4.90 Å². The molecule has 0 atom stereocenters. The lowest BCUT2D eigenvalue weighted by Crippen LogP contribution is -2.51. The Balaban J connectivity index is 2.09. The van der Waals surface area contributed by atoms with Crippen molar-refractivity contribution in [2.45, 2.75) is 18.7 Å². The number of nitrogens with zero attached hydrogens (tertiary/aromatic N) is 3. The molecule has 1 saturated heterocycles. The fourth-order valence-electron chi connectivity index (χ4n) is 2.36. The van der Waals surface area contributed by atoms with Gasteiger partial charge in [-0.15, -0.1) is 0 Å². The van der Waals surface area contributed by atoms with Crippen LogP contribution in [-0.2, 0) is 14.8 Å². The lowest BCUT2D eigenvalue weighted by atomic mass is 10.2. The van der Waals surface area contributed by atoms with Crippen LogP contribution in [0.3, 0.4) is 0 Å². The van der Waals surface area contributed by atoms with Crippen LogP contribution in [0.25, 0.3) is 0 Å². The third kappa shape index (κ3) is 3.29. The highest BCUT2D eigenvalue weighted by Gasteiger charge is 2.30. The molecule has 118 valence electrons. The first-order valence-corrected chi connectivity index (χ1v) is 8.59. The number of amides is 1. The molecule has 0 unspecified atom stereocenters. The van der Waals surface area contributed by atoms with E-state index in [4.69, 9.17) is 5.26 Å². The van der Waals surface area contributed by atoms with E-state index in [0.29, 0.717) is 31.7 Å². The number of rotatable bonds is 3. The van der Waals surface area contributed by atoms with Crippen LogP contribution in [0.5, 0.6) is 0 Å². The topological polar surface area (TPSA) is 81.5 Å². The van der Waals surface area contributed by atoms with E-state index < -0.39 is 10.0 Å². The Morgan fingerprint density at radius 1 is 1.14 bits per heavy atom. The van der Waals surface area contributed by atoms with Gasteiger partial charge in [0.2, 0.25) is 15.9 Å². The molecule has 1 aromatic carbocycles. The summed E-state index contributed by atoms with van der Waals surface area (Å²) >= 11 is 0. The van der Waals surface area contributed by atoms with Gasteiger partial charge in [-0.1, -0.05) is 13.8 Å². The third-order valence-electron chi connectivity index (χ3n) is 3.67. The molecule has 7 heteroatoms. The van der Waals surface area contributed by atoms with Crippen molar-refractivity contribution in [1.82, 2.24) is 9.21 Å². The third-order valence-corrected chi connectivity index (χ3v) is 5.58. The number of piperazine rings is 1. The minimum Gasteiger partial charge on any atom is -0.340 e. The molecule has 1 aliphatic heterocycles. The summed E-state index contributed by atoms with van der Waals surface area (Å²) < 4.78 is 26.5. The SMILES string of the molecule is CC(C)C(=O)N1CCN(S(=O)(=O)c2ccc(C#N)cc2)CC1. The van der Waals surface area contributed by atoms with E-state index in [0.717, 1.165) is 0 Å². The molecule has 1 amide bonds. The summed E-state index contributed by atoms with van der Waals surface area (Å²) in [5.41, 5.74) is 0.422. The number of hydrogen-bond acceptors (Lipinski definition) is 4. The normalized spacial score (nSPS) is 16.5. The fourth-order valence-corrected chi connectivity index (χ4v) is 3.79. The summed E-state index contributed by atoms with van der Waals surface area (Å²) in [5.74, 6) is -0.0305. The Labute approximate surface area is 131 Å². The van der Waals surface area contributed by atoms with E-state index in [1.165, 1.54) is 28.6 Å². The van der Waals surface area contributed by atoms with Crippen LogP contribution in [0.4, 0.5) is 0 Å². The summed E-state index contributed by atoms with van der Waals surface area (Å²) in [5, 5.41) is 8.76. The number of carbonyl (C=O) groups is 1. The second kappa shape index (κ2) is 6.46. The van der Waals surface area contributed by atoms with Crippen LogP contribution >= 0.6 is 0 Å². The first kappa shape index (κ1) is 16.5. The van der Waals surface area contributed by atoms with Crippen molar-refractivity contribution in [1.29, 1.82) is 5.26 Å². The van der Waals surface area contributed by atoms with Crippen LogP contribution in [0.1, 0.15) is 19.4 Å². The number of nitriles is 1. The summed E-state index contributed by atoms with van der Waals surface area (Å²) in [6.45, 7) is 5.07. The molecule has 0 aliphatic carbocycles. The van der Waals surface area contributed by atoms with Crippen LogP contribution in [-0.4, -0.2) is 49.7 Å². The number of sulfonamides is 1. The largest absolute Gasteiger partial charge is 0.340 e. The second-order valence-corrected chi connectivity index (χ2v) is 7.46. The highest BCUT2D eigenvalue weighted by Crippen LogP contribution is 2.18. The Bertz CT molecular complexity index is 682. The van der Waals surface area contributed by atoms with Gasteiger partial charge in [-0.05, 0) is 24.3 Å². The maximum atomic E-state index is 12.5. The molecule has 22 heavy (non-hydrogen) atoms. The highest BCUT2D eigenvalue weighted by molar-refractivity contribution is 7.89. The van der Waals surface area contributed by atoms with E-state index >= 15 is 0 Å². The minimum absolute atomic E-state index is 0.0513. The number of benzene rings is 1. The molecule has 6 nitrogen and oxygen atoms in total. The van der Waals surface area contributed by atoms with Gasteiger partial charge < -0.3 is 4.90 Å². The van der Waals surface area contributed by atoms with Crippen LogP contribution in [0.15, 0.2) is 29.2 Å². The zero-order valence-electron chi connectivity index (χ0n) is 12.7. The van der Waals surface area contributed by atoms with Gasteiger partial charge in [-0.25, -0.2) is 8.42 Å². The molecular formula is C15H19N3O3S. The monoisotopic (exact) mass is 321 g/mol. The van der Waals surface area contributed by atoms with Crippen molar-refractivity contribution in [3.8, 4) is 6.07 Å². The standard InChI is InChI=1S/C15H19N3O3S/c1-12(2)15(19)17-7-9-18(10-8-17)22(20,21)14-5-3-13(11-16)4-6-14/h3-6,12H,7-10H2,1-2H3. The Hall–Kier alpha value is -1.91. The number of hydrogen-bond donors (Lipinski definition) is 0. The van der Waals surface area contributed by atoms with E-state index in [-0.39, 0.29) is 16.7 Å². The van der Waals surface area contributed by atoms with Crippen molar-refractivity contribution >= 4 is 15.9 Å². The number of carbonyl (C=O) groups excluding carboxylic acids is 1. The molecular weight excluding hydrogens is 302 g/mol. The Morgan fingerprint density at radius 2 is 1.68 bits per heavy atom. The summed E-state index contributed by atoms with van der Waals surface area (Å²) in [7, 11) is -3.57. The zero-order valence-corrected chi connectivity index (χ0v) is 13.5. The van der Waals surface area contributed by atoms with Gasteiger partial charge in [0.15, 0.2) is 0 Å². The van der Waals surface area contributed by atoms with Gasteiger partial charge in [-0.3, -0.25) is 4.79 Å². The van der Waals surface area contributed by atoms with Crippen LogP contribution < -0.4 is 0 Å². The first-order valence-electron chi connectivity index (χ1n) is 7.15. The van der Waals surface area contributed by atoms with Crippen molar-refractivity contribution < 1.29 is 13.2 Å². The van der Waals surface area contributed by atoms with Gasteiger partial charge in [0, 0.05) is 32.1 Å². The van der Waals surface area contributed by atoms with E-state index in [9.17, 15) is 13.2 Å². The van der Waals surface area contributed by atoms with Crippen molar-refractivity contribution in [2.24, 2.45) is 5.92 Å². The van der Waals surface area contributed by atoms with Gasteiger partial charge in [0.25, 0.3) is 0 Å². The predicted molar refractivity (Wildman–Crippen MR) is 81.3 cm³/mol. The lowest BCUT2D eigenvalue weighted by Gasteiger charge is -2.34. The van der Waals surface area contributed by atoms with Gasteiger partial charge >= 0.3 is 0 Å². The molecule has 2 rings (SSSR count). The summed E-state index contributed by atoms with van der Waals surface area (Å²) in [6, 6.07) is 7.83. The Kier molecular flexibility index (Phi) is 4.84. The van der Waals surface area contributed by atoms with E-state index in [2.05, 4.69) is 0 Å². The minimum atomic E-state index is -3.57. The van der Waals surface area contributed by atoms with Crippen LogP contribution in [0.2, 0.25) is 0 Å². The van der Waals surface area contributed by atoms with Crippen molar-refractivity contribution in [2.75, 3.05) is 26.2 Å². The van der Waals surface area contributed by atoms with Crippen LogP contribution in [0, 0.1) is 17.2 Å². The zero-order chi connectivity index (χ0) is 16.3. The fraction of sp³-hybridized carbons (Fsp3) is 0.467. The average molecular weight is 321 g/mol. The molecule has 0 spiro atoms. The lowest BCUT2D eigenvalue weighted by molar-refractivity contribution is -0.135. The maximum Gasteiger partial charge on any atom is 0.243 e. The summed E-state index contributed by atoms with van der Waals surface area (Å²) in [4.78, 5) is 13.8. The average Bonchev–Trinajstić information content (AvgIpc) is 2.54. The molecule has 1 heterocycles. The molecule has 0 N–H and O–H groups in total. The molecule has 0 bridgehead atoms. The second-order valence-electron chi connectivity index (χ2n) is 5.52. The molecule has 0 radical (unpaired) electrons. The van der Waals surface area contributed by atoms with Gasteiger partial charge in [-0.2, -0.15) is 9.57 Å². The molecule has 0 saturated carbocycles.